The molecule has 1 saturated heterocycles. The Morgan fingerprint density at radius 2 is 1.67 bits per heavy atom. The van der Waals surface area contributed by atoms with Crippen molar-refractivity contribution in [2.45, 2.75) is 36.2 Å². The van der Waals surface area contributed by atoms with Gasteiger partial charge in [0.2, 0.25) is 10.0 Å². The van der Waals surface area contributed by atoms with Crippen LogP contribution < -0.4 is 9.47 Å². The summed E-state index contributed by atoms with van der Waals surface area (Å²) in [7, 11) is 1.41. The lowest BCUT2D eigenvalue weighted by Crippen LogP contribution is -2.48. The molecule has 2 aliphatic rings. The number of ether oxygens (including phenoxy) is 2. The zero-order chi connectivity index (χ0) is 20.6. The first kappa shape index (κ1) is 22.9. The van der Waals surface area contributed by atoms with E-state index >= 15 is 0 Å². The van der Waals surface area contributed by atoms with E-state index < -0.39 is 10.0 Å². The van der Waals surface area contributed by atoms with E-state index in [1.165, 1.54) is 11.1 Å². The summed E-state index contributed by atoms with van der Waals surface area (Å²) >= 11 is 0. The first-order valence-electron chi connectivity index (χ1n) is 9.97. The molecule has 0 spiro atoms. The number of methoxy groups -OCH3 is 2. The van der Waals surface area contributed by atoms with Crippen LogP contribution in [0.15, 0.2) is 47.4 Å². The van der Waals surface area contributed by atoms with E-state index in [1.807, 2.05) is 6.07 Å². The second-order valence-corrected chi connectivity index (χ2v) is 9.74. The van der Waals surface area contributed by atoms with Gasteiger partial charge in [0.1, 0.15) is 11.5 Å². The summed E-state index contributed by atoms with van der Waals surface area (Å²) in [5.41, 5.74) is 2.61. The maximum atomic E-state index is 13.2. The predicted molar refractivity (Wildman–Crippen MR) is 119 cm³/mol. The van der Waals surface area contributed by atoms with Gasteiger partial charge in [0.15, 0.2) is 0 Å². The monoisotopic (exact) mass is 452 g/mol. The Balaban J connectivity index is 0.00000256. The third-order valence-electron chi connectivity index (χ3n) is 6.31. The first-order chi connectivity index (χ1) is 13.9. The average molecular weight is 453 g/mol. The smallest absolute Gasteiger partial charge is 0.243 e. The fourth-order valence-electron chi connectivity index (χ4n) is 4.54. The number of hydrogen-bond donors (Lipinski definition) is 0. The van der Waals surface area contributed by atoms with Gasteiger partial charge in [-0.1, -0.05) is 6.07 Å². The molecule has 0 unspecified atom stereocenters. The molecule has 164 valence electrons. The van der Waals surface area contributed by atoms with E-state index in [9.17, 15) is 8.42 Å². The SMILES string of the molecule is COc1ccc(S(=O)(=O)N(C)[C@@H]2CCN3CCc4cc(OC)ccc4[C@@H]3C2)cc1.Cl. The first-order valence-corrected chi connectivity index (χ1v) is 11.4. The second-order valence-electron chi connectivity index (χ2n) is 7.74. The van der Waals surface area contributed by atoms with E-state index in [4.69, 9.17) is 9.47 Å². The van der Waals surface area contributed by atoms with Gasteiger partial charge in [-0.05, 0) is 66.8 Å². The van der Waals surface area contributed by atoms with E-state index in [1.54, 1.807) is 49.8 Å². The minimum absolute atomic E-state index is 0. The molecule has 4 rings (SSSR count). The minimum Gasteiger partial charge on any atom is -0.497 e. The van der Waals surface area contributed by atoms with Gasteiger partial charge in [-0.3, -0.25) is 4.90 Å². The van der Waals surface area contributed by atoms with Gasteiger partial charge < -0.3 is 9.47 Å². The summed E-state index contributed by atoms with van der Waals surface area (Å²) in [4.78, 5) is 2.79. The van der Waals surface area contributed by atoms with Crippen molar-refractivity contribution < 1.29 is 17.9 Å². The van der Waals surface area contributed by atoms with Crippen LogP contribution in [0.5, 0.6) is 11.5 Å². The van der Waals surface area contributed by atoms with Crippen LogP contribution in [0.1, 0.15) is 30.0 Å². The van der Waals surface area contributed by atoms with Crippen LogP contribution in [0.2, 0.25) is 0 Å². The number of fused-ring (bicyclic) bond motifs is 3. The lowest BCUT2D eigenvalue weighted by molar-refractivity contribution is 0.0968. The lowest BCUT2D eigenvalue weighted by Gasteiger charge is -2.45. The Labute approximate surface area is 185 Å². The molecule has 0 amide bonds. The number of halogens is 1. The van der Waals surface area contributed by atoms with Gasteiger partial charge in [-0.15, -0.1) is 12.4 Å². The van der Waals surface area contributed by atoms with Gasteiger partial charge in [0.25, 0.3) is 0 Å². The van der Waals surface area contributed by atoms with Crippen molar-refractivity contribution in [1.29, 1.82) is 0 Å². The largest absolute Gasteiger partial charge is 0.497 e. The number of hydrogen-bond acceptors (Lipinski definition) is 5. The molecule has 2 aliphatic heterocycles. The Bertz CT molecular complexity index is 981. The molecule has 0 N–H and O–H groups in total. The summed E-state index contributed by atoms with van der Waals surface area (Å²) in [5, 5.41) is 0. The normalized spacial score (nSPS) is 21.3. The standard InChI is InChI=1S/C22H28N2O4S.ClH/c1-23(29(25,26)20-7-4-18(27-2)5-8-20)17-11-13-24-12-10-16-14-19(28-3)6-9-21(16)22(24)15-17;/h4-9,14,17,22H,10-13,15H2,1-3H3;1H/t17-,22+;/m1./s1. The molecular weight excluding hydrogens is 424 g/mol. The van der Waals surface area contributed by atoms with E-state index in [-0.39, 0.29) is 24.5 Å². The van der Waals surface area contributed by atoms with E-state index in [0.717, 1.165) is 38.1 Å². The van der Waals surface area contributed by atoms with Crippen molar-refractivity contribution in [2.75, 3.05) is 34.4 Å². The molecule has 0 aliphatic carbocycles. The van der Waals surface area contributed by atoms with Crippen LogP contribution in [0.25, 0.3) is 0 Å². The third-order valence-corrected chi connectivity index (χ3v) is 8.24. The van der Waals surface area contributed by atoms with Crippen LogP contribution in [0, 0.1) is 0 Å². The molecule has 0 aromatic heterocycles. The van der Waals surface area contributed by atoms with Crippen LogP contribution in [-0.4, -0.2) is 58.0 Å². The van der Waals surface area contributed by atoms with Crippen molar-refractivity contribution >= 4 is 22.4 Å². The predicted octanol–water partition coefficient (Wildman–Crippen LogP) is 3.51. The maximum absolute atomic E-state index is 13.2. The van der Waals surface area contributed by atoms with Gasteiger partial charge in [-0.2, -0.15) is 4.31 Å². The summed E-state index contributed by atoms with van der Waals surface area (Å²) < 4.78 is 38.4. The third kappa shape index (κ3) is 4.17. The highest BCUT2D eigenvalue weighted by molar-refractivity contribution is 7.89. The zero-order valence-corrected chi connectivity index (χ0v) is 19.2. The number of piperidine rings is 1. The van der Waals surface area contributed by atoms with E-state index in [2.05, 4.69) is 17.0 Å². The molecule has 2 aromatic rings. The molecule has 2 atom stereocenters. The number of rotatable bonds is 5. The van der Waals surface area contributed by atoms with Gasteiger partial charge in [-0.25, -0.2) is 8.42 Å². The fourth-order valence-corrected chi connectivity index (χ4v) is 5.94. The Morgan fingerprint density at radius 3 is 2.33 bits per heavy atom. The Kier molecular flexibility index (Phi) is 6.97. The van der Waals surface area contributed by atoms with Crippen LogP contribution in [0.4, 0.5) is 0 Å². The van der Waals surface area contributed by atoms with E-state index in [0.29, 0.717) is 10.6 Å². The number of benzene rings is 2. The topological polar surface area (TPSA) is 59.1 Å². The van der Waals surface area contributed by atoms with Crippen molar-refractivity contribution in [2.24, 2.45) is 0 Å². The Morgan fingerprint density at radius 1 is 1.00 bits per heavy atom. The van der Waals surface area contributed by atoms with Crippen LogP contribution in [0.3, 0.4) is 0 Å². The molecule has 0 radical (unpaired) electrons. The summed E-state index contributed by atoms with van der Waals surface area (Å²) in [6, 6.07) is 13.1. The fraction of sp³-hybridized carbons (Fsp3) is 0.455. The van der Waals surface area contributed by atoms with Crippen molar-refractivity contribution in [3.8, 4) is 11.5 Å². The van der Waals surface area contributed by atoms with Crippen LogP contribution in [-0.2, 0) is 16.4 Å². The van der Waals surface area contributed by atoms with Crippen LogP contribution >= 0.6 is 12.4 Å². The van der Waals surface area contributed by atoms with Crippen molar-refractivity contribution in [1.82, 2.24) is 9.21 Å². The van der Waals surface area contributed by atoms with Crippen molar-refractivity contribution in [3.05, 3.63) is 53.6 Å². The maximum Gasteiger partial charge on any atom is 0.243 e. The molecule has 8 heteroatoms. The molecule has 2 heterocycles. The Hall–Kier alpha value is -1.80. The molecule has 2 aromatic carbocycles. The quantitative estimate of drug-likeness (QED) is 0.694. The molecule has 0 bridgehead atoms. The highest BCUT2D eigenvalue weighted by atomic mass is 35.5. The van der Waals surface area contributed by atoms with Crippen molar-refractivity contribution in [3.63, 3.8) is 0 Å². The average Bonchev–Trinajstić information content (AvgIpc) is 2.77. The minimum atomic E-state index is -3.55. The molecule has 0 saturated carbocycles. The number of nitrogens with zero attached hydrogens (tertiary/aromatic N) is 2. The van der Waals surface area contributed by atoms with Gasteiger partial charge >= 0.3 is 0 Å². The number of sulfonamides is 1. The van der Waals surface area contributed by atoms with Gasteiger partial charge in [0, 0.05) is 32.2 Å². The highest BCUT2D eigenvalue weighted by Crippen LogP contribution is 2.39. The summed E-state index contributed by atoms with van der Waals surface area (Å²) in [6.07, 6.45) is 2.65. The highest BCUT2D eigenvalue weighted by Gasteiger charge is 2.38. The lowest BCUT2D eigenvalue weighted by atomic mass is 9.85. The molecular formula is C22H29ClN2O4S. The second kappa shape index (κ2) is 9.14. The zero-order valence-electron chi connectivity index (χ0n) is 17.6. The molecule has 30 heavy (non-hydrogen) atoms. The summed E-state index contributed by atoms with van der Waals surface area (Å²) in [5.74, 6) is 1.53. The molecule has 6 nitrogen and oxygen atoms in total. The van der Waals surface area contributed by atoms with Gasteiger partial charge in [0.05, 0.1) is 19.1 Å². The molecule has 1 fully saturated rings. The summed E-state index contributed by atoms with van der Waals surface area (Å²) in [6.45, 7) is 1.91.